The largest absolute Gasteiger partial charge is 0.451 e. The van der Waals surface area contributed by atoms with Crippen LogP contribution >= 0.6 is 0 Å². The fourth-order valence-electron chi connectivity index (χ4n) is 0.859. The molecule has 1 fully saturated rings. The van der Waals surface area contributed by atoms with Gasteiger partial charge in [0, 0.05) is 0 Å². The van der Waals surface area contributed by atoms with Crippen molar-refractivity contribution in [2.75, 3.05) is 13.2 Å². The summed E-state index contributed by atoms with van der Waals surface area (Å²) in [6, 6.07) is 0. The van der Waals surface area contributed by atoms with Crippen LogP contribution in [0.5, 0.6) is 0 Å². The molecule has 58 valence electrons. The topological polar surface area (TPSA) is 58.9 Å². The normalized spacial score (nSPS) is 19.8. The minimum Gasteiger partial charge on any atom is -0.427 e. The molecule has 0 amide bonds. The fourth-order valence-corrected chi connectivity index (χ4v) is 0.859. The molecule has 0 aliphatic carbocycles. The van der Waals surface area contributed by atoms with Crippen LogP contribution in [0.25, 0.3) is 0 Å². The van der Waals surface area contributed by atoms with E-state index in [-0.39, 0.29) is 6.29 Å². The third kappa shape index (κ3) is 2.66. The van der Waals surface area contributed by atoms with E-state index in [0.29, 0.717) is 26.0 Å². The van der Waals surface area contributed by atoms with E-state index in [9.17, 15) is 0 Å². The minimum absolute atomic E-state index is 0.221. The zero-order valence-corrected chi connectivity index (χ0v) is 5.69. The van der Waals surface area contributed by atoms with Gasteiger partial charge in [-0.15, -0.1) is 0 Å². The molecule has 0 aromatic carbocycles. The molecule has 1 aliphatic rings. The van der Waals surface area contributed by atoms with Gasteiger partial charge in [0.25, 0.3) is 0 Å². The van der Waals surface area contributed by atoms with Crippen LogP contribution < -0.4 is 0 Å². The average Bonchev–Trinajstić information content (AvgIpc) is 2.34. The lowest BCUT2D eigenvalue weighted by Gasteiger charge is -2.06. The second kappa shape index (κ2) is 3.93. The molecule has 0 atom stereocenters. The molecule has 1 saturated heterocycles. The SMILES string of the molecule is OB(O)CCC1OCCO1. The lowest BCUT2D eigenvalue weighted by atomic mass is 9.84. The van der Waals surface area contributed by atoms with Crippen molar-refractivity contribution in [3.63, 3.8) is 0 Å². The molecule has 5 heteroatoms. The van der Waals surface area contributed by atoms with Crippen LogP contribution in [-0.2, 0) is 9.47 Å². The van der Waals surface area contributed by atoms with Gasteiger partial charge < -0.3 is 19.5 Å². The number of hydrogen-bond donors (Lipinski definition) is 2. The molecule has 1 heterocycles. The van der Waals surface area contributed by atoms with Gasteiger partial charge in [-0.2, -0.15) is 0 Å². The predicted molar refractivity (Wildman–Crippen MR) is 35.3 cm³/mol. The van der Waals surface area contributed by atoms with Crippen molar-refractivity contribution in [2.24, 2.45) is 0 Å². The van der Waals surface area contributed by atoms with E-state index in [1.807, 2.05) is 0 Å². The molecule has 0 saturated carbocycles. The Bertz CT molecular complexity index is 91.6. The smallest absolute Gasteiger partial charge is 0.427 e. The Balaban J connectivity index is 2.01. The highest BCUT2D eigenvalue weighted by atomic mass is 16.7. The van der Waals surface area contributed by atoms with Gasteiger partial charge in [0.1, 0.15) is 0 Å². The van der Waals surface area contributed by atoms with Crippen LogP contribution in [0.1, 0.15) is 6.42 Å². The van der Waals surface area contributed by atoms with Crippen LogP contribution in [0.4, 0.5) is 0 Å². The van der Waals surface area contributed by atoms with E-state index in [0.717, 1.165) is 0 Å². The Morgan fingerprint density at radius 2 is 1.90 bits per heavy atom. The molecule has 1 aliphatic heterocycles. The van der Waals surface area contributed by atoms with Crippen LogP contribution in [0.15, 0.2) is 0 Å². The Hall–Kier alpha value is -0.0951. The van der Waals surface area contributed by atoms with Gasteiger partial charge in [-0.1, -0.05) is 0 Å². The van der Waals surface area contributed by atoms with Crippen molar-refractivity contribution in [3.05, 3.63) is 0 Å². The van der Waals surface area contributed by atoms with Crippen LogP contribution in [0, 0.1) is 0 Å². The van der Waals surface area contributed by atoms with Gasteiger partial charge in [-0.3, -0.25) is 0 Å². The van der Waals surface area contributed by atoms with Crippen molar-refractivity contribution in [1.29, 1.82) is 0 Å². The minimum atomic E-state index is -1.24. The number of ether oxygens (including phenoxy) is 2. The molecule has 0 aromatic rings. The lowest BCUT2D eigenvalue weighted by molar-refractivity contribution is -0.0438. The maximum Gasteiger partial charge on any atom is 0.451 e. The molecule has 0 unspecified atom stereocenters. The van der Waals surface area contributed by atoms with Gasteiger partial charge in [0.05, 0.1) is 13.2 Å². The summed E-state index contributed by atoms with van der Waals surface area (Å²) in [7, 11) is -1.24. The Labute approximate surface area is 59.9 Å². The molecule has 0 spiro atoms. The Morgan fingerprint density at radius 3 is 2.40 bits per heavy atom. The van der Waals surface area contributed by atoms with E-state index in [2.05, 4.69) is 0 Å². The molecule has 0 radical (unpaired) electrons. The van der Waals surface area contributed by atoms with E-state index in [4.69, 9.17) is 19.5 Å². The van der Waals surface area contributed by atoms with Crippen molar-refractivity contribution in [1.82, 2.24) is 0 Å². The van der Waals surface area contributed by atoms with E-state index in [1.165, 1.54) is 0 Å². The van der Waals surface area contributed by atoms with Crippen LogP contribution in [-0.4, -0.2) is 36.7 Å². The summed E-state index contributed by atoms with van der Waals surface area (Å²) in [6.07, 6.45) is 0.643. The van der Waals surface area contributed by atoms with Crippen molar-refractivity contribution >= 4 is 7.12 Å². The summed E-state index contributed by atoms with van der Waals surface area (Å²) in [5.41, 5.74) is 0. The first-order valence-corrected chi connectivity index (χ1v) is 3.38. The van der Waals surface area contributed by atoms with Crippen LogP contribution in [0.2, 0.25) is 6.32 Å². The van der Waals surface area contributed by atoms with E-state index in [1.54, 1.807) is 0 Å². The Morgan fingerprint density at radius 1 is 1.30 bits per heavy atom. The molecule has 1 rings (SSSR count). The molecule has 2 N–H and O–H groups in total. The second-order valence-corrected chi connectivity index (χ2v) is 2.23. The molecular formula is C5H11BO4. The first kappa shape index (κ1) is 8.01. The Kier molecular flexibility index (Phi) is 3.14. The van der Waals surface area contributed by atoms with Crippen molar-refractivity contribution < 1.29 is 19.5 Å². The highest BCUT2D eigenvalue weighted by molar-refractivity contribution is 6.40. The fraction of sp³-hybridized carbons (Fsp3) is 1.00. The zero-order valence-electron chi connectivity index (χ0n) is 5.69. The summed E-state index contributed by atoms with van der Waals surface area (Å²) in [6.45, 7) is 1.23. The third-order valence-corrected chi connectivity index (χ3v) is 1.35. The summed E-state index contributed by atoms with van der Waals surface area (Å²) in [5.74, 6) is 0. The first-order valence-electron chi connectivity index (χ1n) is 3.38. The molecule has 4 nitrogen and oxygen atoms in total. The maximum atomic E-state index is 8.46. The van der Waals surface area contributed by atoms with Gasteiger partial charge in [-0.25, -0.2) is 0 Å². The van der Waals surface area contributed by atoms with Gasteiger partial charge >= 0.3 is 7.12 Å². The molecule has 0 aromatic heterocycles. The van der Waals surface area contributed by atoms with Gasteiger partial charge in [0.15, 0.2) is 6.29 Å². The standard InChI is InChI=1S/C5H11BO4/c7-6(8)2-1-5-9-3-4-10-5/h5,7-8H,1-4H2. The maximum absolute atomic E-state index is 8.46. The van der Waals surface area contributed by atoms with E-state index < -0.39 is 7.12 Å². The summed E-state index contributed by atoms with van der Waals surface area (Å²) in [4.78, 5) is 0. The second-order valence-electron chi connectivity index (χ2n) is 2.23. The van der Waals surface area contributed by atoms with Crippen molar-refractivity contribution in [3.8, 4) is 0 Å². The lowest BCUT2D eigenvalue weighted by Crippen LogP contribution is -2.15. The highest BCUT2D eigenvalue weighted by Gasteiger charge is 2.18. The summed E-state index contributed by atoms with van der Waals surface area (Å²) < 4.78 is 10.1. The van der Waals surface area contributed by atoms with Gasteiger partial charge in [0.2, 0.25) is 0 Å². The first-order chi connectivity index (χ1) is 4.79. The summed E-state index contributed by atoms with van der Waals surface area (Å²) in [5, 5.41) is 16.9. The van der Waals surface area contributed by atoms with Gasteiger partial charge in [-0.05, 0) is 12.7 Å². The monoisotopic (exact) mass is 146 g/mol. The highest BCUT2D eigenvalue weighted by Crippen LogP contribution is 2.10. The number of hydrogen-bond acceptors (Lipinski definition) is 4. The third-order valence-electron chi connectivity index (χ3n) is 1.35. The molecule has 0 bridgehead atoms. The zero-order chi connectivity index (χ0) is 7.40. The molecular weight excluding hydrogens is 135 g/mol. The summed E-state index contributed by atoms with van der Waals surface area (Å²) >= 11 is 0. The predicted octanol–water partition coefficient (Wildman–Crippen LogP) is -0.778. The molecule has 10 heavy (non-hydrogen) atoms. The van der Waals surface area contributed by atoms with Crippen molar-refractivity contribution in [2.45, 2.75) is 19.0 Å². The van der Waals surface area contributed by atoms with E-state index >= 15 is 0 Å². The van der Waals surface area contributed by atoms with Crippen LogP contribution in [0.3, 0.4) is 0 Å². The number of rotatable bonds is 3. The quantitative estimate of drug-likeness (QED) is 0.513. The average molecular weight is 146 g/mol.